The Labute approximate surface area is 148 Å². The molecule has 0 saturated carbocycles. The van der Waals surface area contributed by atoms with Crippen molar-refractivity contribution in [2.75, 3.05) is 5.32 Å². The molecule has 0 saturated heterocycles. The number of aromatic nitrogens is 3. The van der Waals surface area contributed by atoms with Gasteiger partial charge in [-0.05, 0) is 25.1 Å². The molecular weight excluding hydrogens is 332 g/mol. The number of benzene rings is 2. The quantitative estimate of drug-likeness (QED) is 0.600. The number of nitrogens with one attached hydrogen (secondary N) is 1. The van der Waals surface area contributed by atoms with Crippen molar-refractivity contribution in [1.82, 2.24) is 15.0 Å². The minimum absolute atomic E-state index is 0.281. The molecule has 2 aromatic carbocycles. The normalized spacial score (nSPS) is 10.8. The molecule has 1 amide bonds. The first kappa shape index (κ1) is 15.4. The van der Waals surface area contributed by atoms with Gasteiger partial charge < -0.3 is 5.32 Å². The summed E-state index contributed by atoms with van der Waals surface area (Å²) in [5.74, 6) is -0.294. The first-order valence-corrected chi connectivity index (χ1v) is 8.63. The lowest BCUT2D eigenvalue weighted by molar-refractivity contribution is 0.102. The van der Waals surface area contributed by atoms with E-state index in [0.717, 1.165) is 21.8 Å². The number of fused-ring (bicyclic) bond motifs is 1. The summed E-state index contributed by atoms with van der Waals surface area (Å²) >= 11 is 1.58. The number of rotatable bonds is 3. The summed E-state index contributed by atoms with van der Waals surface area (Å²) in [6, 6.07) is 15.1. The second kappa shape index (κ2) is 6.41. The standard InChI is InChI=1S/C19H14N4OS/c1-12-21-18(11-25-12)13-6-2-3-7-14(13)23-19(24)17-10-20-15-8-4-5-9-16(15)22-17/h2-11H,1H3,(H,23,24). The number of anilines is 1. The molecule has 0 aliphatic heterocycles. The van der Waals surface area contributed by atoms with Crippen LogP contribution >= 0.6 is 11.3 Å². The van der Waals surface area contributed by atoms with Gasteiger partial charge >= 0.3 is 0 Å². The number of hydrogen-bond donors (Lipinski definition) is 1. The first-order valence-electron chi connectivity index (χ1n) is 7.75. The summed E-state index contributed by atoms with van der Waals surface area (Å²) in [6.45, 7) is 1.96. The maximum Gasteiger partial charge on any atom is 0.275 e. The molecule has 0 aliphatic rings. The monoisotopic (exact) mass is 346 g/mol. The molecule has 4 aromatic rings. The van der Waals surface area contributed by atoms with E-state index in [1.165, 1.54) is 6.20 Å². The van der Waals surface area contributed by atoms with Crippen LogP contribution < -0.4 is 5.32 Å². The van der Waals surface area contributed by atoms with Crippen molar-refractivity contribution in [2.45, 2.75) is 6.92 Å². The molecule has 0 bridgehead atoms. The van der Waals surface area contributed by atoms with E-state index in [9.17, 15) is 4.79 Å². The predicted molar refractivity (Wildman–Crippen MR) is 99.8 cm³/mol. The average Bonchev–Trinajstić information content (AvgIpc) is 3.08. The lowest BCUT2D eigenvalue weighted by Crippen LogP contribution is -2.14. The fraction of sp³-hybridized carbons (Fsp3) is 0.0526. The second-order valence-corrected chi connectivity index (χ2v) is 6.56. The maximum absolute atomic E-state index is 12.6. The lowest BCUT2D eigenvalue weighted by Gasteiger charge is -2.09. The molecule has 6 heteroatoms. The van der Waals surface area contributed by atoms with E-state index in [1.807, 2.05) is 60.8 Å². The highest BCUT2D eigenvalue weighted by Crippen LogP contribution is 2.29. The van der Waals surface area contributed by atoms with Crippen molar-refractivity contribution in [1.29, 1.82) is 0 Å². The van der Waals surface area contributed by atoms with Gasteiger partial charge in [-0.1, -0.05) is 30.3 Å². The van der Waals surface area contributed by atoms with Crippen LogP contribution in [-0.2, 0) is 0 Å². The zero-order valence-corrected chi connectivity index (χ0v) is 14.2. The number of hydrogen-bond acceptors (Lipinski definition) is 5. The molecule has 4 rings (SSSR count). The Balaban J connectivity index is 1.66. The molecule has 0 unspecified atom stereocenters. The molecular formula is C19H14N4OS. The summed E-state index contributed by atoms with van der Waals surface area (Å²) in [5.41, 5.74) is 4.17. The molecule has 2 heterocycles. The lowest BCUT2D eigenvalue weighted by atomic mass is 10.1. The molecule has 0 atom stereocenters. The van der Waals surface area contributed by atoms with Crippen LogP contribution in [0.1, 0.15) is 15.5 Å². The molecule has 122 valence electrons. The minimum Gasteiger partial charge on any atom is -0.320 e. The van der Waals surface area contributed by atoms with Gasteiger partial charge in [0.2, 0.25) is 0 Å². The summed E-state index contributed by atoms with van der Waals surface area (Å²) in [7, 11) is 0. The van der Waals surface area contributed by atoms with Crippen LogP contribution in [-0.4, -0.2) is 20.9 Å². The van der Waals surface area contributed by atoms with Gasteiger partial charge in [-0.25, -0.2) is 9.97 Å². The molecule has 5 nitrogen and oxygen atoms in total. The van der Waals surface area contributed by atoms with Crippen LogP contribution in [0.5, 0.6) is 0 Å². The highest BCUT2D eigenvalue weighted by atomic mass is 32.1. The maximum atomic E-state index is 12.6. The summed E-state index contributed by atoms with van der Waals surface area (Å²) in [6.07, 6.45) is 1.49. The van der Waals surface area contributed by atoms with Crippen molar-refractivity contribution in [3.63, 3.8) is 0 Å². The van der Waals surface area contributed by atoms with E-state index >= 15 is 0 Å². The highest BCUT2D eigenvalue weighted by molar-refractivity contribution is 7.09. The molecule has 2 aromatic heterocycles. The Hall–Kier alpha value is -3.12. The largest absolute Gasteiger partial charge is 0.320 e. The Morgan fingerprint density at radius 2 is 1.76 bits per heavy atom. The number of aryl methyl sites for hydroxylation is 1. The Morgan fingerprint density at radius 3 is 2.56 bits per heavy atom. The second-order valence-electron chi connectivity index (χ2n) is 5.50. The van der Waals surface area contributed by atoms with Gasteiger partial charge in [0.1, 0.15) is 5.69 Å². The number of carbonyl (C=O) groups excluding carboxylic acids is 1. The van der Waals surface area contributed by atoms with Gasteiger partial charge in [-0.2, -0.15) is 0 Å². The zero-order valence-electron chi connectivity index (χ0n) is 13.4. The molecule has 0 fully saturated rings. The zero-order chi connectivity index (χ0) is 17.2. The van der Waals surface area contributed by atoms with Crippen molar-refractivity contribution in [2.24, 2.45) is 0 Å². The average molecular weight is 346 g/mol. The van der Waals surface area contributed by atoms with Crippen LogP contribution in [0.3, 0.4) is 0 Å². The number of amides is 1. The number of para-hydroxylation sites is 3. The van der Waals surface area contributed by atoms with Crippen molar-refractivity contribution >= 4 is 34.0 Å². The van der Waals surface area contributed by atoms with E-state index < -0.39 is 0 Å². The third-order valence-electron chi connectivity index (χ3n) is 3.75. The highest BCUT2D eigenvalue weighted by Gasteiger charge is 2.13. The Kier molecular flexibility index (Phi) is 3.95. The summed E-state index contributed by atoms with van der Waals surface area (Å²) < 4.78 is 0. The van der Waals surface area contributed by atoms with Crippen LogP contribution in [0.15, 0.2) is 60.1 Å². The first-order chi connectivity index (χ1) is 12.2. The van der Waals surface area contributed by atoms with Gasteiger partial charge in [-0.3, -0.25) is 9.78 Å². The van der Waals surface area contributed by atoms with E-state index in [2.05, 4.69) is 20.3 Å². The van der Waals surface area contributed by atoms with Gasteiger partial charge in [0.05, 0.1) is 33.6 Å². The molecule has 1 N–H and O–H groups in total. The number of nitrogens with zero attached hydrogens (tertiary/aromatic N) is 3. The third-order valence-corrected chi connectivity index (χ3v) is 4.52. The van der Waals surface area contributed by atoms with Gasteiger partial charge in [0.25, 0.3) is 5.91 Å². The smallest absolute Gasteiger partial charge is 0.275 e. The summed E-state index contributed by atoms with van der Waals surface area (Å²) in [4.78, 5) is 25.8. The number of thiazole rings is 1. The molecule has 0 spiro atoms. The van der Waals surface area contributed by atoms with Gasteiger partial charge in [-0.15, -0.1) is 11.3 Å². The van der Waals surface area contributed by atoms with Crippen molar-refractivity contribution in [3.8, 4) is 11.3 Å². The van der Waals surface area contributed by atoms with E-state index in [1.54, 1.807) is 11.3 Å². The molecule has 25 heavy (non-hydrogen) atoms. The summed E-state index contributed by atoms with van der Waals surface area (Å²) in [5, 5.41) is 5.89. The van der Waals surface area contributed by atoms with Gasteiger partial charge in [0, 0.05) is 10.9 Å². The van der Waals surface area contributed by atoms with E-state index in [-0.39, 0.29) is 11.6 Å². The van der Waals surface area contributed by atoms with Crippen LogP contribution in [0, 0.1) is 6.92 Å². The third kappa shape index (κ3) is 3.12. The van der Waals surface area contributed by atoms with E-state index in [0.29, 0.717) is 11.2 Å². The van der Waals surface area contributed by atoms with Gasteiger partial charge in [0.15, 0.2) is 0 Å². The topological polar surface area (TPSA) is 67.8 Å². The Bertz CT molecular complexity index is 1070. The fourth-order valence-electron chi connectivity index (χ4n) is 2.56. The Morgan fingerprint density at radius 1 is 1.00 bits per heavy atom. The molecule has 0 radical (unpaired) electrons. The van der Waals surface area contributed by atoms with Crippen molar-refractivity contribution in [3.05, 3.63) is 70.8 Å². The van der Waals surface area contributed by atoms with Crippen LogP contribution in [0.4, 0.5) is 5.69 Å². The fourth-order valence-corrected chi connectivity index (χ4v) is 3.17. The SMILES string of the molecule is Cc1nc(-c2ccccc2NC(=O)c2cnc3ccccc3n2)cs1. The van der Waals surface area contributed by atoms with E-state index in [4.69, 9.17) is 0 Å². The van der Waals surface area contributed by atoms with Crippen molar-refractivity contribution < 1.29 is 4.79 Å². The number of carbonyl (C=O) groups is 1. The molecule has 0 aliphatic carbocycles. The van der Waals surface area contributed by atoms with Crippen LogP contribution in [0.2, 0.25) is 0 Å². The predicted octanol–water partition coefficient (Wildman–Crippen LogP) is 4.31. The minimum atomic E-state index is -0.294. The van der Waals surface area contributed by atoms with Crippen LogP contribution in [0.25, 0.3) is 22.3 Å².